The van der Waals surface area contributed by atoms with Crippen molar-refractivity contribution in [3.63, 3.8) is 0 Å². The molecule has 1 saturated heterocycles. The van der Waals surface area contributed by atoms with Gasteiger partial charge in [0.25, 0.3) is 0 Å². The Morgan fingerprint density at radius 1 is 1.44 bits per heavy atom. The first-order chi connectivity index (χ1) is 8.66. The van der Waals surface area contributed by atoms with Crippen molar-refractivity contribution in [2.75, 3.05) is 20.1 Å². The van der Waals surface area contributed by atoms with Gasteiger partial charge in [0.1, 0.15) is 0 Å². The van der Waals surface area contributed by atoms with Crippen molar-refractivity contribution >= 4 is 17.5 Å². The minimum absolute atomic E-state index is 0.135. The van der Waals surface area contributed by atoms with Crippen molar-refractivity contribution in [2.45, 2.75) is 19.4 Å². The highest BCUT2D eigenvalue weighted by Crippen LogP contribution is 2.15. The number of amides is 1. The van der Waals surface area contributed by atoms with Crippen LogP contribution in [0.15, 0.2) is 24.3 Å². The number of benzene rings is 1. The van der Waals surface area contributed by atoms with Crippen molar-refractivity contribution in [1.29, 1.82) is 0 Å². The molecule has 2 rings (SSSR count). The van der Waals surface area contributed by atoms with E-state index in [4.69, 9.17) is 11.6 Å². The average Bonchev–Trinajstić information content (AvgIpc) is 2.41. The predicted octanol–water partition coefficient (Wildman–Crippen LogP) is 2.30. The van der Waals surface area contributed by atoms with Gasteiger partial charge in [0, 0.05) is 25.2 Å². The Morgan fingerprint density at radius 3 is 2.78 bits per heavy atom. The summed E-state index contributed by atoms with van der Waals surface area (Å²) in [4.78, 5) is 14.0. The van der Waals surface area contributed by atoms with Crippen molar-refractivity contribution in [2.24, 2.45) is 5.92 Å². The highest BCUT2D eigenvalue weighted by atomic mass is 35.5. The normalized spacial score (nSPS) is 19.6. The van der Waals surface area contributed by atoms with Gasteiger partial charge in [0.15, 0.2) is 0 Å². The number of carbonyl (C=O) groups is 1. The van der Waals surface area contributed by atoms with E-state index in [1.54, 1.807) is 4.90 Å². The molecule has 3 nitrogen and oxygen atoms in total. The van der Waals surface area contributed by atoms with Gasteiger partial charge in [-0.3, -0.25) is 4.79 Å². The van der Waals surface area contributed by atoms with E-state index in [-0.39, 0.29) is 11.8 Å². The third kappa shape index (κ3) is 3.47. The zero-order valence-electron chi connectivity index (χ0n) is 10.7. The molecule has 0 radical (unpaired) electrons. The summed E-state index contributed by atoms with van der Waals surface area (Å²) < 4.78 is 0. The molecule has 0 aliphatic carbocycles. The number of halogens is 1. The first-order valence-corrected chi connectivity index (χ1v) is 6.75. The van der Waals surface area contributed by atoms with E-state index in [1.807, 2.05) is 31.3 Å². The van der Waals surface area contributed by atoms with Crippen molar-refractivity contribution in [3.8, 4) is 0 Å². The summed E-state index contributed by atoms with van der Waals surface area (Å²) in [6, 6.07) is 7.64. The van der Waals surface area contributed by atoms with Crippen LogP contribution in [0.3, 0.4) is 0 Å². The van der Waals surface area contributed by atoms with Gasteiger partial charge in [-0.05, 0) is 37.1 Å². The Balaban J connectivity index is 1.92. The van der Waals surface area contributed by atoms with Gasteiger partial charge in [0.2, 0.25) is 5.91 Å². The summed E-state index contributed by atoms with van der Waals surface area (Å²) in [7, 11) is 1.87. The standard InChI is InChI=1S/C14H19ClN2O/c1-17(10-11-4-6-13(15)7-5-11)14(18)12-3-2-8-16-9-12/h4-7,12,16H,2-3,8-10H2,1H3/t12-/m0/s1. The number of rotatable bonds is 3. The minimum atomic E-state index is 0.135. The molecule has 1 aliphatic heterocycles. The molecule has 18 heavy (non-hydrogen) atoms. The summed E-state index contributed by atoms with van der Waals surface area (Å²) >= 11 is 5.84. The van der Waals surface area contributed by atoms with Gasteiger partial charge in [-0.2, -0.15) is 0 Å². The Morgan fingerprint density at radius 2 is 2.17 bits per heavy atom. The second-order valence-electron chi connectivity index (χ2n) is 4.86. The Labute approximate surface area is 113 Å². The van der Waals surface area contributed by atoms with Crippen molar-refractivity contribution in [3.05, 3.63) is 34.9 Å². The van der Waals surface area contributed by atoms with Crippen LogP contribution in [0.1, 0.15) is 18.4 Å². The first kappa shape index (κ1) is 13.4. The van der Waals surface area contributed by atoms with Crippen LogP contribution in [0.2, 0.25) is 5.02 Å². The molecule has 1 aliphatic rings. The van der Waals surface area contributed by atoms with E-state index in [0.29, 0.717) is 6.54 Å². The van der Waals surface area contributed by atoms with Crippen LogP contribution in [0.4, 0.5) is 0 Å². The molecule has 0 bridgehead atoms. The van der Waals surface area contributed by atoms with Crippen molar-refractivity contribution in [1.82, 2.24) is 10.2 Å². The van der Waals surface area contributed by atoms with Crippen LogP contribution in [0.5, 0.6) is 0 Å². The van der Waals surface area contributed by atoms with Gasteiger partial charge in [-0.25, -0.2) is 0 Å². The van der Waals surface area contributed by atoms with Gasteiger partial charge >= 0.3 is 0 Å². The van der Waals surface area contributed by atoms with Crippen molar-refractivity contribution < 1.29 is 4.79 Å². The van der Waals surface area contributed by atoms with Crippen LogP contribution in [-0.2, 0) is 11.3 Å². The minimum Gasteiger partial charge on any atom is -0.341 e. The number of hydrogen-bond acceptors (Lipinski definition) is 2. The summed E-state index contributed by atoms with van der Waals surface area (Å²) in [5.74, 6) is 0.369. The second-order valence-corrected chi connectivity index (χ2v) is 5.30. The fourth-order valence-electron chi connectivity index (χ4n) is 2.32. The van der Waals surface area contributed by atoms with E-state index in [1.165, 1.54) is 0 Å². The quantitative estimate of drug-likeness (QED) is 0.911. The van der Waals surface area contributed by atoms with Gasteiger partial charge in [-0.15, -0.1) is 0 Å². The zero-order chi connectivity index (χ0) is 13.0. The molecule has 1 fully saturated rings. The SMILES string of the molecule is CN(Cc1ccc(Cl)cc1)C(=O)[C@H]1CCCNC1. The molecule has 1 atom stereocenters. The third-order valence-electron chi connectivity index (χ3n) is 3.36. The largest absolute Gasteiger partial charge is 0.341 e. The molecular weight excluding hydrogens is 248 g/mol. The molecule has 98 valence electrons. The summed E-state index contributed by atoms with van der Waals surface area (Å²) in [5, 5.41) is 4.00. The Kier molecular flexibility index (Phi) is 4.61. The summed E-state index contributed by atoms with van der Waals surface area (Å²) in [5.41, 5.74) is 1.11. The van der Waals surface area contributed by atoms with Gasteiger partial charge in [-0.1, -0.05) is 23.7 Å². The molecule has 0 unspecified atom stereocenters. The fraction of sp³-hybridized carbons (Fsp3) is 0.500. The number of hydrogen-bond donors (Lipinski definition) is 1. The summed E-state index contributed by atoms with van der Waals surface area (Å²) in [6.07, 6.45) is 2.09. The van der Waals surface area contributed by atoms with Gasteiger partial charge < -0.3 is 10.2 Å². The smallest absolute Gasteiger partial charge is 0.227 e. The van der Waals surface area contributed by atoms with Crippen LogP contribution >= 0.6 is 11.6 Å². The predicted molar refractivity (Wildman–Crippen MR) is 73.5 cm³/mol. The van der Waals surface area contributed by atoms with Crippen LogP contribution in [-0.4, -0.2) is 30.9 Å². The molecule has 1 aromatic carbocycles. The lowest BCUT2D eigenvalue weighted by molar-refractivity contribution is -0.135. The van der Waals surface area contributed by atoms with E-state index in [2.05, 4.69) is 5.32 Å². The second kappa shape index (κ2) is 6.21. The molecule has 0 spiro atoms. The topological polar surface area (TPSA) is 32.3 Å². The van der Waals surface area contributed by atoms with Crippen LogP contribution in [0.25, 0.3) is 0 Å². The molecule has 1 aromatic rings. The number of carbonyl (C=O) groups excluding carboxylic acids is 1. The monoisotopic (exact) mass is 266 g/mol. The zero-order valence-corrected chi connectivity index (χ0v) is 11.4. The van der Waals surface area contributed by atoms with E-state index in [0.717, 1.165) is 36.5 Å². The molecular formula is C14H19ClN2O. The third-order valence-corrected chi connectivity index (χ3v) is 3.61. The molecule has 0 aromatic heterocycles. The average molecular weight is 267 g/mol. The first-order valence-electron chi connectivity index (χ1n) is 6.37. The number of nitrogens with one attached hydrogen (secondary N) is 1. The Bertz CT molecular complexity index is 399. The molecule has 1 N–H and O–H groups in total. The Hall–Kier alpha value is -1.06. The molecule has 1 amide bonds. The van der Waals surface area contributed by atoms with E-state index >= 15 is 0 Å². The molecule has 1 heterocycles. The van der Waals surface area contributed by atoms with Crippen LogP contribution in [0, 0.1) is 5.92 Å². The highest BCUT2D eigenvalue weighted by Gasteiger charge is 2.23. The maximum Gasteiger partial charge on any atom is 0.227 e. The van der Waals surface area contributed by atoms with E-state index in [9.17, 15) is 4.79 Å². The van der Waals surface area contributed by atoms with Gasteiger partial charge in [0.05, 0.1) is 5.92 Å². The fourth-order valence-corrected chi connectivity index (χ4v) is 2.44. The van der Waals surface area contributed by atoms with E-state index < -0.39 is 0 Å². The lowest BCUT2D eigenvalue weighted by atomic mass is 9.98. The lowest BCUT2D eigenvalue weighted by Crippen LogP contribution is -2.41. The summed E-state index contributed by atoms with van der Waals surface area (Å²) in [6.45, 7) is 2.49. The lowest BCUT2D eigenvalue weighted by Gasteiger charge is -2.27. The maximum absolute atomic E-state index is 12.2. The number of piperidine rings is 1. The number of nitrogens with zero attached hydrogens (tertiary/aromatic N) is 1. The molecule has 0 saturated carbocycles. The maximum atomic E-state index is 12.2. The molecule has 4 heteroatoms. The van der Waals surface area contributed by atoms with Crippen LogP contribution < -0.4 is 5.32 Å². The highest BCUT2D eigenvalue weighted by molar-refractivity contribution is 6.30.